The fourth-order valence-corrected chi connectivity index (χ4v) is 3.03. The summed E-state index contributed by atoms with van der Waals surface area (Å²) >= 11 is 3.46. The minimum absolute atomic E-state index is 0.117. The molecule has 0 spiro atoms. The first-order valence-corrected chi connectivity index (χ1v) is 7.03. The van der Waals surface area contributed by atoms with Crippen molar-refractivity contribution in [3.63, 3.8) is 0 Å². The number of nitrogens with one attached hydrogen (secondary N) is 1. The van der Waals surface area contributed by atoms with Crippen molar-refractivity contribution < 1.29 is 9.84 Å². The van der Waals surface area contributed by atoms with Gasteiger partial charge in [-0.3, -0.25) is 0 Å². The van der Waals surface area contributed by atoms with Crippen molar-refractivity contribution >= 4 is 21.6 Å². The largest absolute Gasteiger partial charge is 0.394 e. The van der Waals surface area contributed by atoms with Crippen LogP contribution < -0.4 is 5.32 Å². The first kappa shape index (κ1) is 13.8. The lowest BCUT2D eigenvalue weighted by Crippen LogP contribution is -2.53. The number of halogens is 1. The molecule has 1 aromatic carbocycles. The van der Waals surface area contributed by atoms with E-state index in [2.05, 4.69) is 35.1 Å². The van der Waals surface area contributed by atoms with E-state index >= 15 is 0 Å². The summed E-state index contributed by atoms with van der Waals surface area (Å²) in [6.07, 6.45) is 1.61. The molecule has 1 saturated heterocycles. The summed E-state index contributed by atoms with van der Waals surface area (Å²) in [6, 6.07) is 8.02. The van der Waals surface area contributed by atoms with E-state index in [4.69, 9.17) is 4.74 Å². The van der Waals surface area contributed by atoms with Crippen LogP contribution in [0.3, 0.4) is 0 Å². The molecular weight excluding hydrogens is 294 g/mol. The summed E-state index contributed by atoms with van der Waals surface area (Å²) < 4.78 is 6.76. The fraction of sp³-hybridized carbons (Fsp3) is 0.571. The third kappa shape index (κ3) is 3.25. The minimum Gasteiger partial charge on any atom is -0.394 e. The van der Waals surface area contributed by atoms with Crippen LogP contribution >= 0.6 is 15.9 Å². The molecule has 0 aromatic heterocycles. The van der Waals surface area contributed by atoms with E-state index in [0.717, 1.165) is 23.0 Å². The molecule has 3 nitrogen and oxygen atoms in total. The Morgan fingerprint density at radius 1 is 1.44 bits per heavy atom. The molecule has 1 heterocycles. The van der Waals surface area contributed by atoms with Gasteiger partial charge in [0.05, 0.1) is 17.7 Å². The first-order valence-electron chi connectivity index (χ1n) is 6.23. The van der Waals surface area contributed by atoms with Crippen LogP contribution in [-0.4, -0.2) is 29.5 Å². The van der Waals surface area contributed by atoms with Gasteiger partial charge in [-0.1, -0.05) is 22.0 Å². The number of aliphatic hydroxyl groups excluding tert-OH is 1. The zero-order valence-electron chi connectivity index (χ0n) is 10.9. The van der Waals surface area contributed by atoms with Crippen LogP contribution in [0.5, 0.6) is 0 Å². The highest BCUT2D eigenvalue weighted by molar-refractivity contribution is 9.10. The average molecular weight is 314 g/mol. The van der Waals surface area contributed by atoms with Crippen molar-refractivity contribution in [3.8, 4) is 0 Å². The fourth-order valence-electron chi connectivity index (χ4n) is 2.63. The van der Waals surface area contributed by atoms with Gasteiger partial charge in [-0.15, -0.1) is 0 Å². The summed E-state index contributed by atoms with van der Waals surface area (Å²) in [5, 5.41) is 13.3. The van der Waals surface area contributed by atoms with Gasteiger partial charge >= 0.3 is 0 Å². The molecule has 18 heavy (non-hydrogen) atoms. The van der Waals surface area contributed by atoms with Crippen LogP contribution in [0.4, 0.5) is 5.69 Å². The zero-order chi connectivity index (χ0) is 13.2. The summed E-state index contributed by atoms with van der Waals surface area (Å²) in [5.74, 6) is 0. The van der Waals surface area contributed by atoms with E-state index in [1.807, 2.05) is 24.3 Å². The SMILES string of the molecule is CC1(C)CC(CO)(Nc2cccc(Br)c2)CCO1. The third-order valence-corrected chi connectivity index (χ3v) is 3.87. The molecule has 2 N–H and O–H groups in total. The molecule has 4 heteroatoms. The van der Waals surface area contributed by atoms with E-state index in [1.54, 1.807) is 0 Å². The van der Waals surface area contributed by atoms with Crippen LogP contribution in [0.15, 0.2) is 28.7 Å². The van der Waals surface area contributed by atoms with Gasteiger partial charge in [0.2, 0.25) is 0 Å². The second-order valence-electron chi connectivity index (χ2n) is 5.61. The van der Waals surface area contributed by atoms with Gasteiger partial charge in [0, 0.05) is 23.2 Å². The van der Waals surface area contributed by atoms with Gasteiger partial charge in [-0.25, -0.2) is 0 Å². The molecule has 0 aliphatic carbocycles. The van der Waals surface area contributed by atoms with Gasteiger partial charge in [0.25, 0.3) is 0 Å². The lowest BCUT2D eigenvalue weighted by Gasteiger charge is -2.45. The van der Waals surface area contributed by atoms with Gasteiger partial charge in [-0.2, -0.15) is 0 Å². The van der Waals surface area contributed by atoms with Crippen molar-refractivity contribution in [1.82, 2.24) is 0 Å². The van der Waals surface area contributed by atoms with E-state index in [0.29, 0.717) is 6.61 Å². The summed E-state index contributed by atoms with van der Waals surface area (Å²) in [4.78, 5) is 0. The van der Waals surface area contributed by atoms with Gasteiger partial charge < -0.3 is 15.2 Å². The zero-order valence-corrected chi connectivity index (χ0v) is 12.5. The van der Waals surface area contributed by atoms with Crippen molar-refractivity contribution in [2.75, 3.05) is 18.5 Å². The maximum absolute atomic E-state index is 9.77. The highest BCUT2D eigenvalue weighted by Crippen LogP contribution is 2.34. The lowest BCUT2D eigenvalue weighted by atomic mass is 9.81. The Morgan fingerprint density at radius 3 is 2.83 bits per heavy atom. The third-order valence-electron chi connectivity index (χ3n) is 3.37. The van der Waals surface area contributed by atoms with Gasteiger partial charge in [0.1, 0.15) is 0 Å². The Morgan fingerprint density at radius 2 is 2.22 bits per heavy atom. The molecule has 1 fully saturated rings. The van der Waals surface area contributed by atoms with Crippen LogP contribution in [-0.2, 0) is 4.74 Å². The maximum atomic E-state index is 9.77. The smallest absolute Gasteiger partial charge is 0.0663 e. The summed E-state index contributed by atoms with van der Waals surface area (Å²) in [6.45, 7) is 4.93. The number of hydrogen-bond donors (Lipinski definition) is 2. The second-order valence-corrected chi connectivity index (χ2v) is 6.52. The average Bonchev–Trinajstić information content (AvgIpc) is 2.27. The predicted molar refractivity (Wildman–Crippen MR) is 76.8 cm³/mol. The molecule has 0 saturated carbocycles. The predicted octanol–water partition coefficient (Wildman–Crippen LogP) is 3.18. The van der Waals surface area contributed by atoms with E-state index in [9.17, 15) is 5.11 Å². The summed E-state index contributed by atoms with van der Waals surface area (Å²) in [5.41, 5.74) is 0.541. The molecule has 100 valence electrons. The topological polar surface area (TPSA) is 41.5 Å². The standard InChI is InChI=1S/C14H20BrNO2/c1-13(2)9-14(10-17,6-7-18-13)16-12-5-3-4-11(15)8-12/h3-5,8,16-17H,6-7,9-10H2,1-2H3. The Bertz CT molecular complexity index is 422. The molecule has 0 amide bonds. The van der Waals surface area contributed by atoms with Crippen LogP contribution in [0.2, 0.25) is 0 Å². The second kappa shape index (κ2) is 5.19. The van der Waals surface area contributed by atoms with Crippen molar-refractivity contribution in [1.29, 1.82) is 0 Å². The number of anilines is 1. The molecular formula is C14H20BrNO2. The molecule has 2 rings (SSSR count). The van der Waals surface area contributed by atoms with E-state index in [1.165, 1.54) is 0 Å². The first-order chi connectivity index (χ1) is 8.45. The highest BCUT2D eigenvalue weighted by Gasteiger charge is 2.40. The quantitative estimate of drug-likeness (QED) is 0.900. The molecule has 1 atom stereocenters. The van der Waals surface area contributed by atoms with E-state index in [-0.39, 0.29) is 17.7 Å². The van der Waals surface area contributed by atoms with Crippen LogP contribution in [0, 0.1) is 0 Å². The lowest BCUT2D eigenvalue weighted by molar-refractivity contribution is -0.0838. The molecule has 1 aromatic rings. The number of ether oxygens (including phenoxy) is 1. The highest BCUT2D eigenvalue weighted by atomic mass is 79.9. The Hall–Kier alpha value is -0.580. The van der Waals surface area contributed by atoms with E-state index < -0.39 is 0 Å². The molecule has 1 aliphatic rings. The molecule has 1 aliphatic heterocycles. The minimum atomic E-state index is -0.289. The van der Waals surface area contributed by atoms with Crippen LogP contribution in [0.25, 0.3) is 0 Å². The molecule has 0 radical (unpaired) electrons. The Kier molecular flexibility index (Phi) is 3.99. The summed E-state index contributed by atoms with van der Waals surface area (Å²) in [7, 11) is 0. The van der Waals surface area contributed by atoms with Crippen molar-refractivity contribution in [2.24, 2.45) is 0 Å². The Labute approximate surface area is 117 Å². The Balaban J connectivity index is 2.18. The monoisotopic (exact) mass is 313 g/mol. The number of hydrogen-bond acceptors (Lipinski definition) is 3. The number of aliphatic hydroxyl groups is 1. The molecule has 0 bridgehead atoms. The normalized spacial score (nSPS) is 26.9. The number of rotatable bonds is 3. The molecule has 1 unspecified atom stereocenters. The van der Waals surface area contributed by atoms with Crippen molar-refractivity contribution in [2.45, 2.75) is 37.8 Å². The maximum Gasteiger partial charge on any atom is 0.0663 e. The van der Waals surface area contributed by atoms with Gasteiger partial charge in [0.15, 0.2) is 0 Å². The number of benzene rings is 1. The van der Waals surface area contributed by atoms with Crippen LogP contribution in [0.1, 0.15) is 26.7 Å². The van der Waals surface area contributed by atoms with Crippen molar-refractivity contribution in [3.05, 3.63) is 28.7 Å². The van der Waals surface area contributed by atoms with Gasteiger partial charge in [-0.05, 0) is 38.5 Å².